The van der Waals surface area contributed by atoms with Gasteiger partial charge in [-0.05, 0) is 42.3 Å². The quantitative estimate of drug-likeness (QED) is 0.723. The molecule has 3 heterocycles. The van der Waals surface area contributed by atoms with Crippen LogP contribution in [0.4, 0.5) is 10.3 Å². The van der Waals surface area contributed by atoms with E-state index in [0.29, 0.717) is 23.4 Å². The van der Waals surface area contributed by atoms with Crippen LogP contribution < -0.4 is 15.8 Å². The van der Waals surface area contributed by atoms with Crippen molar-refractivity contribution < 1.29 is 13.9 Å². The van der Waals surface area contributed by atoms with Crippen molar-refractivity contribution in [2.45, 2.75) is 19.4 Å². The minimum atomic E-state index is -0.345. The smallest absolute Gasteiger partial charge is 0.255 e. The fourth-order valence-corrected chi connectivity index (χ4v) is 4.24. The molecule has 0 saturated heterocycles. The minimum absolute atomic E-state index is 0.141. The lowest BCUT2D eigenvalue weighted by Crippen LogP contribution is -2.37. The number of hydrogen-bond donors (Lipinski definition) is 2. The summed E-state index contributed by atoms with van der Waals surface area (Å²) >= 11 is 1.42. The lowest BCUT2D eigenvalue weighted by molar-refractivity contribution is 0.0922. The zero-order valence-corrected chi connectivity index (χ0v) is 15.6. The molecule has 0 fully saturated rings. The molecule has 8 heteroatoms. The number of aromatic nitrogens is 2. The third-order valence-corrected chi connectivity index (χ3v) is 5.63. The van der Waals surface area contributed by atoms with Crippen molar-refractivity contribution in [1.29, 1.82) is 0 Å². The van der Waals surface area contributed by atoms with Crippen LogP contribution in [0.3, 0.4) is 0 Å². The molecule has 0 radical (unpaired) electrons. The number of carbonyl (C=O) groups excluding carboxylic acids is 1. The van der Waals surface area contributed by atoms with Gasteiger partial charge in [0.2, 0.25) is 5.95 Å². The van der Waals surface area contributed by atoms with E-state index in [9.17, 15) is 9.18 Å². The first-order valence-corrected chi connectivity index (χ1v) is 9.15. The SMILES string of the molecule is COc1ccc(-c2cc(F)ccc2C2Cc3nc(N)nc(C)c3C(=O)N2)s1. The van der Waals surface area contributed by atoms with E-state index >= 15 is 0 Å². The highest BCUT2D eigenvalue weighted by molar-refractivity contribution is 7.17. The van der Waals surface area contributed by atoms with Crippen molar-refractivity contribution in [3.8, 4) is 15.5 Å². The van der Waals surface area contributed by atoms with E-state index in [0.717, 1.165) is 21.1 Å². The van der Waals surface area contributed by atoms with E-state index in [1.807, 2.05) is 12.1 Å². The number of ether oxygens (including phenoxy) is 1. The molecule has 0 aliphatic carbocycles. The summed E-state index contributed by atoms with van der Waals surface area (Å²) in [6, 6.07) is 7.94. The van der Waals surface area contributed by atoms with Gasteiger partial charge in [-0.3, -0.25) is 4.79 Å². The Morgan fingerprint density at radius 2 is 2.11 bits per heavy atom. The van der Waals surface area contributed by atoms with E-state index in [2.05, 4.69) is 15.3 Å². The minimum Gasteiger partial charge on any atom is -0.487 e. The molecule has 0 bridgehead atoms. The van der Waals surface area contributed by atoms with Gasteiger partial charge < -0.3 is 15.8 Å². The first kappa shape index (κ1) is 17.4. The van der Waals surface area contributed by atoms with Crippen LogP contribution in [0.5, 0.6) is 5.06 Å². The highest BCUT2D eigenvalue weighted by atomic mass is 32.1. The highest BCUT2D eigenvalue weighted by Gasteiger charge is 2.30. The number of methoxy groups -OCH3 is 1. The first-order chi connectivity index (χ1) is 13.0. The maximum Gasteiger partial charge on any atom is 0.255 e. The van der Waals surface area contributed by atoms with Crippen molar-refractivity contribution in [3.63, 3.8) is 0 Å². The number of hydrogen-bond acceptors (Lipinski definition) is 6. The second kappa shape index (κ2) is 6.62. The van der Waals surface area contributed by atoms with Gasteiger partial charge in [-0.15, -0.1) is 0 Å². The molecule has 1 aliphatic heterocycles. The van der Waals surface area contributed by atoms with Crippen LogP contribution in [-0.2, 0) is 6.42 Å². The number of fused-ring (bicyclic) bond motifs is 1. The molecule has 3 N–H and O–H groups in total. The zero-order valence-electron chi connectivity index (χ0n) is 14.7. The Morgan fingerprint density at radius 1 is 1.30 bits per heavy atom. The van der Waals surface area contributed by atoms with Gasteiger partial charge in [0.25, 0.3) is 5.91 Å². The molecule has 27 heavy (non-hydrogen) atoms. The third kappa shape index (κ3) is 3.12. The summed E-state index contributed by atoms with van der Waals surface area (Å²) in [5.41, 5.74) is 8.90. The van der Waals surface area contributed by atoms with E-state index in [1.54, 1.807) is 20.1 Å². The van der Waals surface area contributed by atoms with Crippen LogP contribution >= 0.6 is 11.3 Å². The van der Waals surface area contributed by atoms with Crippen molar-refractivity contribution in [2.24, 2.45) is 0 Å². The zero-order chi connectivity index (χ0) is 19.1. The number of halogens is 1. The number of nitrogens with one attached hydrogen (secondary N) is 1. The molecule has 1 atom stereocenters. The molecule has 2 aromatic heterocycles. The van der Waals surface area contributed by atoms with Gasteiger partial charge in [-0.1, -0.05) is 17.4 Å². The van der Waals surface area contributed by atoms with Crippen molar-refractivity contribution in [3.05, 3.63) is 58.7 Å². The van der Waals surface area contributed by atoms with E-state index < -0.39 is 0 Å². The van der Waals surface area contributed by atoms with E-state index in [-0.39, 0.29) is 23.7 Å². The summed E-state index contributed by atoms with van der Waals surface area (Å²) < 4.78 is 19.2. The summed E-state index contributed by atoms with van der Waals surface area (Å²) in [6.07, 6.45) is 0.454. The lowest BCUT2D eigenvalue weighted by Gasteiger charge is -2.27. The Hall–Kier alpha value is -3.00. The monoisotopic (exact) mass is 384 g/mol. The third-order valence-electron chi connectivity index (χ3n) is 4.55. The Kier molecular flexibility index (Phi) is 4.27. The van der Waals surface area contributed by atoms with Crippen LogP contribution in [0.1, 0.15) is 33.4 Å². The summed E-state index contributed by atoms with van der Waals surface area (Å²) in [5, 5.41) is 3.72. The fraction of sp³-hybridized carbons (Fsp3) is 0.211. The maximum absolute atomic E-state index is 14.0. The molecule has 1 amide bonds. The van der Waals surface area contributed by atoms with E-state index in [4.69, 9.17) is 10.5 Å². The molecule has 1 unspecified atom stereocenters. The summed E-state index contributed by atoms with van der Waals surface area (Å²) in [5.74, 6) is -0.453. The highest BCUT2D eigenvalue weighted by Crippen LogP contribution is 2.38. The summed E-state index contributed by atoms with van der Waals surface area (Å²) in [6.45, 7) is 1.73. The average Bonchev–Trinajstić information content (AvgIpc) is 3.09. The maximum atomic E-state index is 14.0. The van der Waals surface area contributed by atoms with E-state index in [1.165, 1.54) is 23.5 Å². The summed E-state index contributed by atoms with van der Waals surface area (Å²) in [4.78, 5) is 21.8. The predicted molar refractivity (Wildman–Crippen MR) is 101 cm³/mol. The Bertz CT molecular complexity index is 1050. The fourth-order valence-electron chi connectivity index (χ4n) is 3.38. The molecule has 1 aliphatic rings. The number of rotatable bonds is 3. The number of thiophene rings is 1. The van der Waals surface area contributed by atoms with Crippen LogP contribution in [0.15, 0.2) is 30.3 Å². The Balaban J connectivity index is 1.79. The summed E-state index contributed by atoms with van der Waals surface area (Å²) in [7, 11) is 1.59. The number of benzene rings is 1. The molecule has 0 spiro atoms. The molecule has 138 valence electrons. The second-order valence-electron chi connectivity index (χ2n) is 6.27. The Morgan fingerprint density at radius 3 is 2.85 bits per heavy atom. The molecule has 1 aromatic carbocycles. The first-order valence-electron chi connectivity index (χ1n) is 8.33. The van der Waals surface area contributed by atoms with Crippen LogP contribution in [-0.4, -0.2) is 23.0 Å². The number of amides is 1. The van der Waals surface area contributed by atoms with Gasteiger partial charge in [-0.2, -0.15) is 0 Å². The number of nitrogen functional groups attached to an aromatic ring is 1. The van der Waals surface area contributed by atoms with Crippen molar-refractivity contribution in [2.75, 3.05) is 12.8 Å². The van der Waals surface area contributed by atoms with Gasteiger partial charge in [0.1, 0.15) is 5.82 Å². The number of aryl methyl sites for hydroxylation is 1. The molecule has 4 rings (SSSR count). The number of carbonyl (C=O) groups is 1. The second-order valence-corrected chi connectivity index (χ2v) is 7.32. The van der Waals surface area contributed by atoms with Crippen molar-refractivity contribution in [1.82, 2.24) is 15.3 Å². The molecular formula is C19H17FN4O2S. The molecular weight excluding hydrogens is 367 g/mol. The topological polar surface area (TPSA) is 90.1 Å². The van der Waals surface area contributed by atoms with Crippen molar-refractivity contribution >= 4 is 23.2 Å². The Labute approximate surface area is 159 Å². The van der Waals surface area contributed by atoms with Gasteiger partial charge in [0.15, 0.2) is 5.06 Å². The van der Waals surface area contributed by atoms with Gasteiger partial charge in [0, 0.05) is 11.3 Å². The standard InChI is InChI=1S/C19H17FN4O2S/c1-9-17-14(24-19(21)22-9)8-13(23-18(17)25)11-4-3-10(20)7-12(11)15-5-6-16(26-2)27-15/h3-7,13H,8H2,1-2H3,(H,23,25)(H2,21,22,24). The number of nitrogens with zero attached hydrogens (tertiary/aromatic N) is 2. The van der Waals surface area contributed by atoms with Crippen LogP contribution in [0, 0.1) is 12.7 Å². The van der Waals surface area contributed by atoms with Gasteiger partial charge in [0.05, 0.1) is 30.1 Å². The van der Waals surface area contributed by atoms with Crippen LogP contribution in [0.25, 0.3) is 10.4 Å². The van der Waals surface area contributed by atoms with Crippen LogP contribution in [0.2, 0.25) is 0 Å². The average molecular weight is 384 g/mol. The number of nitrogens with two attached hydrogens (primary N) is 1. The largest absolute Gasteiger partial charge is 0.487 e. The van der Waals surface area contributed by atoms with Gasteiger partial charge in [-0.25, -0.2) is 14.4 Å². The predicted octanol–water partition coefficient (Wildman–Crippen LogP) is 3.27. The molecule has 6 nitrogen and oxygen atoms in total. The normalized spacial score (nSPS) is 16.0. The molecule has 0 saturated carbocycles. The molecule has 3 aromatic rings. The van der Waals surface area contributed by atoms with Gasteiger partial charge >= 0.3 is 0 Å². The number of anilines is 1. The lowest BCUT2D eigenvalue weighted by atomic mass is 9.91.